The quantitative estimate of drug-likeness (QED) is 0.791. The molecule has 4 heterocycles. The van der Waals surface area contributed by atoms with Crippen LogP contribution in [-0.4, -0.2) is 27.6 Å². The lowest BCUT2D eigenvalue weighted by Crippen LogP contribution is -2.58. The van der Waals surface area contributed by atoms with Crippen LogP contribution in [0.4, 0.5) is 0 Å². The molecule has 0 saturated carbocycles. The molecule has 0 bridgehead atoms. The highest BCUT2D eigenvalue weighted by molar-refractivity contribution is 6.00. The van der Waals surface area contributed by atoms with Crippen LogP contribution in [0, 0.1) is 0 Å². The minimum atomic E-state index is -0.660. The zero-order valence-corrected chi connectivity index (χ0v) is 17.7. The van der Waals surface area contributed by atoms with Gasteiger partial charge in [0.2, 0.25) is 0 Å². The number of carbonyl (C=O) groups is 1. The standard InChI is InChI=1S/C23H24N6O2/c1-4-23(14-7-5-8-15(11-14)31-21-24-9-6-10-25-21)16-13-26-29-19(16)27-17-12-22(2,3)28-20(30)18(17)23/h5-11,13,19,27H,4,12H2,1-3H3,(H,28,30)/t19?,23-/m0/s1. The third kappa shape index (κ3) is 3.10. The van der Waals surface area contributed by atoms with Crippen molar-refractivity contribution < 1.29 is 9.53 Å². The summed E-state index contributed by atoms with van der Waals surface area (Å²) in [6, 6.07) is 9.78. The fourth-order valence-electron chi connectivity index (χ4n) is 4.88. The number of ether oxygens (including phenoxy) is 1. The van der Waals surface area contributed by atoms with Crippen LogP contribution in [0.5, 0.6) is 11.8 Å². The Morgan fingerprint density at radius 3 is 2.77 bits per heavy atom. The third-order valence-electron chi connectivity index (χ3n) is 6.11. The Hall–Kier alpha value is -3.55. The summed E-state index contributed by atoms with van der Waals surface area (Å²) >= 11 is 0. The molecule has 1 aromatic heterocycles. The molecule has 5 rings (SSSR count). The van der Waals surface area contributed by atoms with Crippen molar-refractivity contribution >= 4 is 5.91 Å². The molecule has 0 saturated heterocycles. The van der Waals surface area contributed by atoms with E-state index in [4.69, 9.17) is 4.74 Å². The number of amides is 1. The van der Waals surface area contributed by atoms with E-state index in [1.165, 1.54) is 0 Å². The average Bonchev–Trinajstić information content (AvgIpc) is 3.21. The number of nitrogens with one attached hydrogen (secondary N) is 2. The zero-order chi connectivity index (χ0) is 21.6. The number of rotatable bonds is 4. The highest BCUT2D eigenvalue weighted by Crippen LogP contribution is 2.51. The minimum Gasteiger partial charge on any atom is -0.424 e. The Morgan fingerprint density at radius 1 is 1.19 bits per heavy atom. The highest BCUT2D eigenvalue weighted by atomic mass is 16.5. The maximum Gasteiger partial charge on any atom is 0.321 e. The second kappa shape index (κ2) is 7.01. The number of aromatic nitrogens is 2. The average molecular weight is 416 g/mol. The normalized spacial score (nSPS) is 25.8. The van der Waals surface area contributed by atoms with Crippen LogP contribution < -0.4 is 15.4 Å². The van der Waals surface area contributed by atoms with Crippen LogP contribution in [0.2, 0.25) is 0 Å². The van der Waals surface area contributed by atoms with Crippen molar-refractivity contribution in [2.45, 2.75) is 50.7 Å². The molecule has 158 valence electrons. The molecule has 8 nitrogen and oxygen atoms in total. The summed E-state index contributed by atoms with van der Waals surface area (Å²) in [5.74, 6) is 0.544. The summed E-state index contributed by atoms with van der Waals surface area (Å²) in [6.45, 7) is 6.15. The largest absolute Gasteiger partial charge is 0.424 e. The third-order valence-corrected chi connectivity index (χ3v) is 6.11. The summed E-state index contributed by atoms with van der Waals surface area (Å²) in [7, 11) is 0. The van der Waals surface area contributed by atoms with Gasteiger partial charge in [0.25, 0.3) is 5.91 Å². The summed E-state index contributed by atoms with van der Waals surface area (Å²) in [5, 5.41) is 15.2. The van der Waals surface area contributed by atoms with E-state index in [0.29, 0.717) is 18.6 Å². The predicted molar refractivity (Wildman–Crippen MR) is 114 cm³/mol. The fraction of sp³-hybridized carbons (Fsp3) is 0.348. The van der Waals surface area contributed by atoms with E-state index >= 15 is 0 Å². The van der Waals surface area contributed by atoms with Gasteiger partial charge in [-0.2, -0.15) is 10.2 Å². The number of azo groups is 1. The second-order valence-corrected chi connectivity index (χ2v) is 8.65. The lowest BCUT2D eigenvalue weighted by molar-refractivity contribution is -0.120. The van der Waals surface area contributed by atoms with E-state index in [0.717, 1.165) is 22.4 Å². The Bertz CT molecular complexity index is 1140. The number of hydrogen-bond acceptors (Lipinski definition) is 7. The molecule has 0 fully saturated rings. The molecule has 31 heavy (non-hydrogen) atoms. The Morgan fingerprint density at radius 2 is 2.00 bits per heavy atom. The SMILES string of the molecule is CC[C@]1(c2cccc(Oc3ncccn3)c2)C2=CN=NC2NC2=C1C(=O)NC(C)(C)C2. The van der Waals surface area contributed by atoms with E-state index in [-0.39, 0.29) is 23.6 Å². The summed E-state index contributed by atoms with van der Waals surface area (Å²) in [6.07, 6.45) is 6.15. The molecule has 0 aliphatic carbocycles. The van der Waals surface area contributed by atoms with Crippen LogP contribution in [-0.2, 0) is 10.2 Å². The fourth-order valence-corrected chi connectivity index (χ4v) is 4.88. The van der Waals surface area contributed by atoms with Crippen LogP contribution >= 0.6 is 0 Å². The first kappa shape index (κ1) is 19.4. The number of carbonyl (C=O) groups excluding carboxylic acids is 1. The number of nitrogens with zero attached hydrogens (tertiary/aromatic N) is 4. The molecule has 0 radical (unpaired) electrons. The maximum atomic E-state index is 13.4. The molecule has 1 aromatic carbocycles. The van der Waals surface area contributed by atoms with Crippen molar-refractivity contribution in [3.63, 3.8) is 0 Å². The first-order valence-electron chi connectivity index (χ1n) is 10.4. The van der Waals surface area contributed by atoms with Crippen molar-refractivity contribution in [3.05, 3.63) is 71.3 Å². The molecular weight excluding hydrogens is 392 g/mol. The van der Waals surface area contributed by atoms with Gasteiger partial charge in [0, 0.05) is 35.6 Å². The van der Waals surface area contributed by atoms with E-state index in [9.17, 15) is 4.79 Å². The molecule has 1 unspecified atom stereocenters. The smallest absolute Gasteiger partial charge is 0.321 e. The summed E-state index contributed by atoms with van der Waals surface area (Å²) in [5.41, 5.74) is 2.59. The van der Waals surface area contributed by atoms with E-state index in [1.54, 1.807) is 24.7 Å². The summed E-state index contributed by atoms with van der Waals surface area (Å²) in [4.78, 5) is 21.7. The molecule has 2 atom stereocenters. The van der Waals surface area contributed by atoms with Gasteiger partial charge in [-0.1, -0.05) is 19.1 Å². The number of benzene rings is 1. The maximum absolute atomic E-state index is 13.4. The minimum absolute atomic E-state index is 0.0652. The van der Waals surface area contributed by atoms with Gasteiger partial charge in [-0.3, -0.25) is 4.79 Å². The van der Waals surface area contributed by atoms with Gasteiger partial charge in [0.05, 0.1) is 17.2 Å². The topological polar surface area (TPSA) is 101 Å². The summed E-state index contributed by atoms with van der Waals surface area (Å²) < 4.78 is 5.89. The van der Waals surface area contributed by atoms with Crippen molar-refractivity contribution in [1.29, 1.82) is 0 Å². The molecule has 2 N–H and O–H groups in total. The van der Waals surface area contributed by atoms with Gasteiger partial charge in [-0.15, -0.1) is 0 Å². The molecule has 1 amide bonds. The molecular formula is C23H24N6O2. The Labute approximate surface area is 180 Å². The van der Waals surface area contributed by atoms with Gasteiger partial charge in [0.15, 0.2) is 6.17 Å². The lowest BCUT2D eigenvalue weighted by Gasteiger charge is -2.48. The van der Waals surface area contributed by atoms with Crippen LogP contribution in [0.1, 0.15) is 39.2 Å². The monoisotopic (exact) mass is 416 g/mol. The van der Waals surface area contributed by atoms with Gasteiger partial charge in [-0.25, -0.2) is 9.97 Å². The number of hydrogen-bond donors (Lipinski definition) is 2. The van der Waals surface area contributed by atoms with E-state index in [1.807, 2.05) is 38.1 Å². The van der Waals surface area contributed by atoms with Crippen LogP contribution in [0.25, 0.3) is 0 Å². The van der Waals surface area contributed by atoms with Gasteiger partial charge < -0.3 is 15.4 Å². The van der Waals surface area contributed by atoms with Crippen molar-refractivity contribution in [1.82, 2.24) is 20.6 Å². The predicted octanol–water partition coefficient (Wildman–Crippen LogP) is 3.75. The van der Waals surface area contributed by atoms with Crippen molar-refractivity contribution in [2.24, 2.45) is 10.2 Å². The van der Waals surface area contributed by atoms with Crippen molar-refractivity contribution in [3.8, 4) is 11.8 Å². The molecule has 0 spiro atoms. The van der Waals surface area contributed by atoms with Gasteiger partial charge >= 0.3 is 6.01 Å². The van der Waals surface area contributed by atoms with Crippen molar-refractivity contribution in [2.75, 3.05) is 0 Å². The zero-order valence-electron chi connectivity index (χ0n) is 17.7. The highest BCUT2D eigenvalue weighted by Gasteiger charge is 2.53. The Kier molecular flexibility index (Phi) is 4.39. The van der Waals surface area contributed by atoms with E-state index < -0.39 is 5.41 Å². The van der Waals surface area contributed by atoms with Gasteiger partial charge in [-0.05, 0) is 44.0 Å². The Balaban J connectivity index is 1.66. The molecule has 3 aliphatic rings. The first-order valence-corrected chi connectivity index (χ1v) is 10.4. The lowest BCUT2D eigenvalue weighted by atomic mass is 9.62. The first-order chi connectivity index (χ1) is 14.9. The number of fused-ring (bicyclic) bond motifs is 1. The second-order valence-electron chi connectivity index (χ2n) is 8.65. The molecule has 3 aliphatic heterocycles. The molecule has 8 heteroatoms. The molecule has 2 aromatic rings. The van der Waals surface area contributed by atoms with Crippen LogP contribution in [0.15, 0.2) is 76.0 Å². The van der Waals surface area contributed by atoms with E-state index in [2.05, 4.69) is 37.8 Å². The van der Waals surface area contributed by atoms with Crippen LogP contribution in [0.3, 0.4) is 0 Å². The van der Waals surface area contributed by atoms with Gasteiger partial charge in [0.1, 0.15) is 5.75 Å².